The van der Waals surface area contributed by atoms with Gasteiger partial charge in [0.25, 0.3) is 0 Å². The molecule has 0 amide bonds. The van der Waals surface area contributed by atoms with E-state index >= 15 is 0 Å². The average Bonchev–Trinajstić information content (AvgIpc) is 1.85. The van der Waals surface area contributed by atoms with Crippen LogP contribution in [0.5, 0.6) is 0 Å². The molecule has 1 unspecified atom stereocenters. The molecule has 0 N–H and O–H groups in total. The topological polar surface area (TPSA) is 9.23 Å². The van der Waals surface area contributed by atoms with E-state index in [2.05, 4.69) is 20.8 Å². The molecule has 1 saturated heterocycles. The highest BCUT2D eigenvalue weighted by atomic mass is 16.5. The van der Waals surface area contributed by atoms with Crippen LogP contribution in [-0.2, 0) is 4.74 Å². The Hall–Kier alpha value is -0.0400. The molecule has 0 bridgehead atoms. The van der Waals surface area contributed by atoms with Crippen LogP contribution in [0.2, 0.25) is 0 Å². The van der Waals surface area contributed by atoms with Crippen LogP contribution < -0.4 is 0 Å². The molecule has 0 aromatic rings. The molecule has 1 aliphatic rings. The summed E-state index contributed by atoms with van der Waals surface area (Å²) < 4.78 is 5.62. The zero-order valence-corrected chi connectivity index (χ0v) is 7.26. The lowest BCUT2D eigenvalue weighted by molar-refractivity contribution is -0.0525. The standard InChI is InChI=1S/C9H18O/c1-4-9-5-7(2)10-8(3)6-9/h7-9H,4-6H2,1-3H3/t7-,8+,9?. The monoisotopic (exact) mass is 142 g/mol. The zero-order chi connectivity index (χ0) is 7.56. The van der Waals surface area contributed by atoms with Gasteiger partial charge in [-0.25, -0.2) is 0 Å². The van der Waals surface area contributed by atoms with Gasteiger partial charge in [0.1, 0.15) is 0 Å². The second-order valence-corrected chi connectivity index (χ2v) is 3.50. The molecule has 1 aliphatic heterocycles. The minimum atomic E-state index is 0.494. The van der Waals surface area contributed by atoms with Crippen LogP contribution in [0.4, 0.5) is 0 Å². The van der Waals surface area contributed by atoms with Gasteiger partial charge in [0.05, 0.1) is 12.2 Å². The summed E-state index contributed by atoms with van der Waals surface area (Å²) >= 11 is 0. The van der Waals surface area contributed by atoms with E-state index < -0.39 is 0 Å². The van der Waals surface area contributed by atoms with E-state index in [1.165, 1.54) is 19.3 Å². The molecule has 0 aromatic carbocycles. The molecular weight excluding hydrogens is 124 g/mol. The summed E-state index contributed by atoms with van der Waals surface area (Å²) in [6, 6.07) is 0. The largest absolute Gasteiger partial charge is 0.376 e. The van der Waals surface area contributed by atoms with Crippen LogP contribution in [0.1, 0.15) is 40.0 Å². The lowest BCUT2D eigenvalue weighted by Crippen LogP contribution is -2.28. The van der Waals surface area contributed by atoms with Gasteiger partial charge in [0, 0.05) is 0 Å². The minimum absolute atomic E-state index is 0.494. The zero-order valence-electron chi connectivity index (χ0n) is 7.26. The molecule has 1 fully saturated rings. The highest BCUT2D eigenvalue weighted by molar-refractivity contribution is 4.71. The molecule has 1 rings (SSSR count). The number of ether oxygens (including phenoxy) is 1. The fourth-order valence-corrected chi connectivity index (χ4v) is 1.88. The minimum Gasteiger partial charge on any atom is -0.376 e. The van der Waals surface area contributed by atoms with Gasteiger partial charge in [-0.15, -0.1) is 0 Å². The summed E-state index contributed by atoms with van der Waals surface area (Å²) in [6.45, 7) is 6.63. The third kappa shape index (κ3) is 1.98. The normalized spacial score (nSPS) is 41.7. The van der Waals surface area contributed by atoms with Crippen molar-refractivity contribution in [1.29, 1.82) is 0 Å². The van der Waals surface area contributed by atoms with Crippen molar-refractivity contribution in [3.63, 3.8) is 0 Å². The van der Waals surface area contributed by atoms with Crippen LogP contribution in [0.15, 0.2) is 0 Å². The van der Waals surface area contributed by atoms with Crippen LogP contribution >= 0.6 is 0 Å². The van der Waals surface area contributed by atoms with E-state index in [0.717, 1.165) is 5.92 Å². The average molecular weight is 142 g/mol. The number of rotatable bonds is 1. The highest BCUT2D eigenvalue weighted by Gasteiger charge is 2.22. The Morgan fingerprint density at radius 2 is 1.70 bits per heavy atom. The van der Waals surface area contributed by atoms with Gasteiger partial charge in [-0.2, -0.15) is 0 Å². The van der Waals surface area contributed by atoms with E-state index in [-0.39, 0.29) is 0 Å². The smallest absolute Gasteiger partial charge is 0.0553 e. The van der Waals surface area contributed by atoms with E-state index in [0.29, 0.717) is 12.2 Å². The summed E-state index contributed by atoms with van der Waals surface area (Å²) in [6.07, 6.45) is 4.84. The molecule has 0 spiro atoms. The summed E-state index contributed by atoms with van der Waals surface area (Å²) in [5, 5.41) is 0. The molecule has 1 heteroatoms. The van der Waals surface area contributed by atoms with Gasteiger partial charge in [0.15, 0.2) is 0 Å². The van der Waals surface area contributed by atoms with Crippen molar-refractivity contribution in [3.05, 3.63) is 0 Å². The molecule has 0 saturated carbocycles. The predicted octanol–water partition coefficient (Wildman–Crippen LogP) is 2.60. The SMILES string of the molecule is CCC1C[C@@H](C)O[C@@H](C)C1. The first-order valence-corrected chi connectivity index (χ1v) is 4.37. The quantitative estimate of drug-likeness (QED) is 0.547. The van der Waals surface area contributed by atoms with Gasteiger partial charge in [0.2, 0.25) is 0 Å². The highest BCUT2D eigenvalue weighted by Crippen LogP contribution is 2.26. The maximum Gasteiger partial charge on any atom is 0.0553 e. The molecule has 1 heterocycles. The number of hydrogen-bond donors (Lipinski definition) is 0. The fraction of sp³-hybridized carbons (Fsp3) is 1.00. The van der Waals surface area contributed by atoms with Gasteiger partial charge in [-0.1, -0.05) is 13.3 Å². The number of hydrogen-bond acceptors (Lipinski definition) is 1. The van der Waals surface area contributed by atoms with Crippen molar-refractivity contribution in [2.75, 3.05) is 0 Å². The maximum atomic E-state index is 5.62. The van der Waals surface area contributed by atoms with E-state index in [1.807, 2.05) is 0 Å². The first kappa shape index (κ1) is 8.06. The molecular formula is C9H18O. The van der Waals surface area contributed by atoms with E-state index in [4.69, 9.17) is 4.74 Å². The first-order valence-electron chi connectivity index (χ1n) is 4.37. The first-order chi connectivity index (χ1) is 4.72. The fourth-order valence-electron chi connectivity index (χ4n) is 1.88. The summed E-state index contributed by atoms with van der Waals surface area (Å²) in [4.78, 5) is 0. The molecule has 10 heavy (non-hydrogen) atoms. The van der Waals surface area contributed by atoms with Gasteiger partial charge in [-0.05, 0) is 32.6 Å². The molecule has 3 atom stereocenters. The third-order valence-corrected chi connectivity index (χ3v) is 2.37. The van der Waals surface area contributed by atoms with Gasteiger partial charge in [-0.3, -0.25) is 0 Å². The van der Waals surface area contributed by atoms with Crippen molar-refractivity contribution in [2.24, 2.45) is 5.92 Å². The molecule has 1 nitrogen and oxygen atoms in total. The Bertz CT molecular complexity index is 90.9. The van der Waals surface area contributed by atoms with Crippen molar-refractivity contribution < 1.29 is 4.74 Å². The van der Waals surface area contributed by atoms with Crippen LogP contribution in [0.3, 0.4) is 0 Å². The summed E-state index contributed by atoms with van der Waals surface area (Å²) in [5.41, 5.74) is 0. The Labute approximate surface area is 63.8 Å². The Morgan fingerprint density at radius 1 is 1.20 bits per heavy atom. The molecule has 0 radical (unpaired) electrons. The van der Waals surface area contributed by atoms with Crippen molar-refractivity contribution in [2.45, 2.75) is 52.2 Å². The second-order valence-electron chi connectivity index (χ2n) is 3.50. The Morgan fingerprint density at radius 3 is 2.10 bits per heavy atom. The third-order valence-electron chi connectivity index (χ3n) is 2.37. The Balaban J connectivity index is 2.35. The van der Waals surface area contributed by atoms with Crippen LogP contribution in [0, 0.1) is 5.92 Å². The van der Waals surface area contributed by atoms with Gasteiger partial charge < -0.3 is 4.74 Å². The molecule has 60 valence electrons. The van der Waals surface area contributed by atoms with Gasteiger partial charge >= 0.3 is 0 Å². The lowest BCUT2D eigenvalue weighted by Gasteiger charge is -2.31. The van der Waals surface area contributed by atoms with Crippen molar-refractivity contribution in [3.8, 4) is 0 Å². The maximum absolute atomic E-state index is 5.62. The second kappa shape index (κ2) is 3.38. The van der Waals surface area contributed by atoms with Crippen LogP contribution in [-0.4, -0.2) is 12.2 Å². The van der Waals surface area contributed by atoms with Crippen molar-refractivity contribution in [1.82, 2.24) is 0 Å². The lowest BCUT2D eigenvalue weighted by atomic mass is 9.91. The molecule has 0 aromatic heterocycles. The van der Waals surface area contributed by atoms with Crippen LogP contribution in [0.25, 0.3) is 0 Å². The van der Waals surface area contributed by atoms with E-state index in [1.54, 1.807) is 0 Å². The predicted molar refractivity (Wildman–Crippen MR) is 43.0 cm³/mol. The molecule has 0 aliphatic carbocycles. The summed E-state index contributed by atoms with van der Waals surface area (Å²) in [7, 11) is 0. The van der Waals surface area contributed by atoms with E-state index in [9.17, 15) is 0 Å². The summed E-state index contributed by atoms with van der Waals surface area (Å²) in [5.74, 6) is 0.916. The van der Waals surface area contributed by atoms with Crippen molar-refractivity contribution >= 4 is 0 Å². The Kier molecular flexibility index (Phi) is 2.72.